The molecular formula is C24H24N4O3S2. The Bertz CT molecular complexity index is 1260. The summed E-state index contributed by atoms with van der Waals surface area (Å²) in [6, 6.07) is 15.7. The number of ether oxygens (including phenoxy) is 1. The number of anilines is 1. The van der Waals surface area contributed by atoms with Gasteiger partial charge in [0.25, 0.3) is 5.91 Å². The van der Waals surface area contributed by atoms with Gasteiger partial charge in [-0.1, -0.05) is 53.4 Å². The number of rotatable bonds is 7. The Morgan fingerprint density at radius 3 is 2.82 bits per heavy atom. The molecule has 170 valence electrons. The molecule has 0 saturated carbocycles. The summed E-state index contributed by atoms with van der Waals surface area (Å²) in [6.45, 7) is 6.14. The van der Waals surface area contributed by atoms with Crippen molar-refractivity contribution in [3.8, 4) is 0 Å². The minimum absolute atomic E-state index is 0.251. The number of furan rings is 1. The number of nitrogens with one attached hydrogen (secondary N) is 1. The molecule has 7 nitrogen and oxygen atoms in total. The van der Waals surface area contributed by atoms with Gasteiger partial charge in [-0.05, 0) is 30.7 Å². The van der Waals surface area contributed by atoms with E-state index in [9.17, 15) is 4.79 Å². The molecule has 2 aromatic carbocycles. The maximum absolute atomic E-state index is 13.3. The molecule has 3 heterocycles. The largest absolute Gasteiger partial charge is 0.451 e. The van der Waals surface area contributed by atoms with Crippen LogP contribution in [0.5, 0.6) is 0 Å². The molecule has 5 rings (SSSR count). The zero-order valence-corrected chi connectivity index (χ0v) is 19.9. The zero-order valence-electron chi connectivity index (χ0n) is 18.2. The average Bonchev–Trinajstić information content (AvgIpc) is 3.42. The third-order valence-electron chi connectivity index (χ3n) is 5.45. The molecule has 0 bridgehead atoms. The summed E-state index contributed by atoms with van der Waals surface area (Å²) in [6.07, 6.45) is 0. The van der Waals surface area contributed by atoms with E-state index in [-0.39, 0.29) is 5.91 Å². The number of hydrogen-bond donors (Lipinski definition) is 1. The fourth-order valence-electron chi connectivity index (χ4n) is 3.85. The lowest BCUT2D eigenvalue weighted by Gasteiger charge is -2.26. The van der Waals surface area contributed by atoms with Gasteiger partial charge in [-0.15, -0.1) is 10.2 Å². The number of carbonyl (C=O) groups excluding carboxylic acids is 1. The van der Waals surface area contributed by atoms with Crippen LogP contribution in [-0.2, 0) is 17.0 Å². The van der Waals surface area contributed by atoms with Crippen molar-refractivity contribution >= 4 is 45.7 Å². The number of morpholine rings is 1. The molecule has 2 aromatic heterocycles. The van der Waals surface area contributed by atoms with Gasteiger partial charge in [0.15, 0.2) is 10.1 Å². The highest BCUT2D eigenvalue weighted by atomic mass is 32.2. The predicted octanol–water partition coefficient (Wildman–Crippen LogP) is 4.97. The monoisotopic (exact) mass is 480 g/mol. The van der Waals surface area contributed by atoms with E-state index in [2.05, 4.69) is 26.5 Å². The van der Waals surface area contributed by atoms with Crippen LogP contribution >= 0.6 is 23.1 Å². The molecule has 0 atom stereocenters. The Hall–Kier alpha value is -2.72. The van der Waals surface area contributed by atoms with E-state index >= 15 is 0 Å². The predicted molar refractivity (Wildman–Crippen MR) is 131 cm³/mol. The Labute approximate surface area is 200 Å². The van der Waals surface area contributed by atoms with Crippen molar-refractivity contribution in [2.75, 3.05) is 31.6 Å². The number of amides is 1. The van der Waals surface area contributed by atoms with Crippen molar-refractivity contribution < 1.29 is 13.9 Å². The molecule has 1 aliphatic rings. The number of nitrogens with zero attached hydrogens (tertiary/aromatic N) is 3. The molecule has 1 saturated heterocycles. The summed E-state index contributed by atoms with van der Waals surface area (Å²) < 4.78 is 12.3. The van der Waals surface area contributed by atoms with E-state index in [0.717, 1.165) is 64.4 Å². The first-order valence-corrected chi connectivity index (χ1v) is 12.6. The first-order valence-electron chi connectivity index (χ1n) is 10.8. The third-order valence-corrected chi connectivity index (χ3v) is 7.45. The van der Waals surface area contributed by atoms with Gasteiger partial charge in [-0.3, -0.25) is 9.69 Å². The summed E-state index contributed by atoms with van der Waals surface area (Å²) >= 11 is 3.11. The third kappa shape index (κ3) is 5.27. The summed E-state index contributed by atoms with van der Waals surface area (Å²) in [7, 11) is 0. The van der Waals surface area contributed by atoms with Crippen LogP contribution in [0.3, 0.4) is 0 Å². The van der Waals surface area contributed by atoms with Crippen LogP contribution in [0.25, 0.3) is 11.0 Å². The minimum atomic E-state index is -0.251. The Morgan fingerprint density at radius 2 is 2.00 bits per heavy atom. The van der Waals surface area contributed by atoms with Gasteiger partial charge in [0.2, 0.25) is 0 Å². The van der Waals surface area contributed by atoms with E-state index < -0.39 is 0 Å². The highest BCUT2D eigenvalue weighted by molar-refractivity contribution is 8.00. The second-order valence-corrected chi connectivity index (χ2v) is 10.2. The number of thioether (sulfide) groups is 1. The van der Waals surface area contributed by atoms with Crippen LogP contribution in [-0.4, -0.2) is 47.3 Å². The maximum atomic E-state index is 13.3. The molecule has 0 aliphatic carbocycles. The lowest BCUT2D eigenvalue weighted by atomic mass is 10.1. The van der Waals surface area contributed by atoms with Crippen molar-refractivity contribution in [2.24, 2.45) is 0 Å². The summed E-state index contributed by atoms with van der Waals surface area (Å²) in [4.78, 5) is 15.6. The van der Waals surface area contributed by atoms with E-state index in [0.29, 0.717) is 17.1 Å². The molecular weight excluding hydrogens is 456 g/mol. The molecule has 0 radical (unpaired) electrons. The van der Waals surface area contributed by atoms with Crippen LogP contribution in [0.2, 0.25) is 0 Å². The summed E-state index contributed by atoms with van der Waals surface area (Å²) in [5.41, 5.74) is 3.48. The van der Waals surface area contributed by atoms with Gasteiger partial charge in [0.1, 0.15) is 10.6 Å². The average molecular weight is 481 g/mol. The first-order chi connectivity index (χ1) is 16.2. The van der Waals surface area contributed by atoms with Crippen LogP contribution in [0, 0.1) is 6.92 Å². The van der Waals surface area contributed by atoms with Crippen LogP contribution in [0.1, 0.15) is 26.7 Å². The number of aromatic nitrogens is 2. The molecule has 33 heavy (non-hydrogen) atoms. The first kappa shape index (κ1) is 22.1. The molecule has 4 aromatic rings. The molecule has 1 aliphatic heterocycles. The van der Waals surface area contributed by atoms with E-state index in [1.54, 1.807) is 23.1 Å². The van der Waals surface area contributed by atoms with Crippen molar-refractivity contribution in [1.82, 2.24) is 15.1 Å². The lowest BCUT2D eigenvalue weighted by Crippen LogP contribution is -2.35. The summed E-state index contributed by atoms with van der Waals surface area (Å²) in [5, 5.41) is 13.2. The fourth-order valence-corrected chi connectivity index (χ4v) is 5.69. The fraction of sp³-hybridized carbons (Fsp3) is 0.292. The van der Waals surface area contributed by atoms with Gasteiger partial charge < -0.3 is 14.5 Å². The smallest absolute Gasteiger partial charge is 0.291 e. The van der Waals surface area contributed by atoms with Gasteiger partial charge in [-0.25, -0.2) is 0 Å². The Morgan fingerprint density at radius 1 is 1.15 bits per heavy atom. The molecule has 0 spiro atoms. The number of benzene rings is 2. The highest BCUT2D eigenvalue weighted by Gasteiger charge is 2.21. The minimum Gasteiger partial charge on any atom is -0.451 e. The highest BCUT2D eigenvalue weighted by Crippen LogP contribution is 2.33. The Balaban J connectivity index is 1.35. The van der Waals surface area contributed by atoms with Crippen LogP contribution in [0.15, 0.2) is 57.3 Å². The number of hydrogen-bond acceptors (Lipinski definition) is 8. The molecule has 1 fully saturated rings. The maximum Gasteiger partial charge on any atom is 0.291 e. The van der Waals surface area contributed by atoms with Crippen molar-refractivity contribution in [2.45, 2.75) is 23.6 Å². The Kier molecular flexibility index (Phi) is 6.73. The molecule has 1 amide bonds. The van der Waals surface area contributed by atoms with Crippen molar-refractivity contribution in [3.63, 3.8) is 0 Å². The zero-order chi connectivity index (χ0) is 22.6. The van der Waals surface area contributed by atoms with E-state index in [1.807, 2.05) is 49.4 Å². The topological polar surface area (TPSA) is 80.5 Å². The van der Waals surface area contributed by atoms with Crippen molar-refractivity contribution in [1.29, 1.82) is 0 Å². The normalized spacial score (nSPS) is 14.6. The SMILES string of the molecule is Cc1nnc(SCc2c(C(=O)Nc3cccc(CN4CCOCC4)c3)oc3ccccc23)s1. The van der Waals surface area contributed by atoms with Crippen LogP contribution < -0.4 is 5.32 Å². The lowest BCUT2D eigenvalue weighted by molar-refractivity contribution is 0.0342. The van der Waals surface area contributed by atoms with Gasteiger partial charge in [0, 0.05) is 42.0 Å². The van der Waals surface area contributed by atoms with Crippen LogP contribution in [0.4, 0.5) is 5.69 Å². The van der Waals surface area contributed by atoms with E-state index in [1.165, 1.54) is 0 Å². The standard InChI is InChI=1S/C24H24N4O3S2/c1-16-26-27-24(33-16)32-15-20-19-7-2-3-8-21(19)31-22(20)23(29)25-18-6-4-5-17(13-18)14-28-9-11-30-12-10-28/h2-8,13H,9-12,14-15H2,1H3,(H,25,29). The van der Waals surface area contributed by atoms with E-state index in [4.69, 9.17) is 9.15 Å². The second-order valence-electron chi connectivity index (χ2n) is 7.82. The number of fused-ring (bicyclic) bond motifs is 1. The molecule has 1 N–H and O–H groups in total. The quantitative estimate of drug-likeness (QED) is 0.374. The summed E-state index contributed by atoms with van der Waals surface area (Å²) in [5.74, 6) is 0.660. The number of carbonyl (C=O) groups is 1. The van der Waals surface area contributed by atoms with Gasteiger partial charge in [-0.2, -0.15) is 0 Å². The van der Waals surface area contributed by atoms with Crippen molar-refractivity contribution in [3.05, 3.63) is 70.4 Å². The molecule has 9 heteroatoms. The second kappa shape index (κ2) is 10.0. The number of aryl methyl sites for hydroxylation is 1. The van der Waals surface area contributed by atoms with Gasteiger partial charge >= 0.3 is 0 Å². The molecule has 0 unspecified atom stereocenters. The van der Waals surface area contributed by atoms with Gasteiger partial charge in [0.05, 0.1) is 13.2 Å². The number of para-hydroxylation sites is 1.